The normalized spacial score (nSPS) is 11.5. The Balaban J connectivity index is 1.76. The highest BCUT2D eigenvalue weighted by Gasteiger charge is 2.07. The third-order valence-electron chi connectivity index (χ3n) is 3.93. The molecule has 4 aromatic rings. The maximum Gasteiger partial charge on any atom is 0.273 e. The van der Waals surface area contributed by atoms with E-state index in [0.29, 0.717) is 16.4 Å². The molecule has 26 heavy (non-hydrogen) atoms. The second-order valence-corrected chi connectivity index (χ2v) is 6.30. The Labute approximate surface area is 154 Å². The third kappa shape index (κ3) is 3.17. The molecule has 128 valence electrons. The molecule has 0 amide bonds. The van der Waals surface area contributed by atoms with Crippen molar-refractivity contribution in [3.8, 4) is 5.69 Å². The highest BCUT2D eigenvalue weighted by atomic mass is 35.5. The lowest BCUT2D eigenvalue weighted by molar-refractivity contribution is 0.763. The summed E-state index contributed by atoms with van der Waals surface area (Å²) < 4.78 is 3.24. The van der Waals surface area contributed by atoms with Crippen molar-refractivity contribution >= 4 is 29.4 Å². The van der Waals surface area contributed by atoms with Crippen LogP contribution < -0.4 is 5.56 Å². The van der Waals surface area contributed by atoms with Crippen molar-refractivity contribution < 1.29 is 0 Å². The first-order chi connectivity index (χ1) is 12.6. The predicted octanol–water partition coefficient (Wildman–Crippen LogP) is 4.01. The van der Waals surface area contributed by atoms with Crippen LogP contribution in [0.15, 0.2) is 65.6 Å². The Morgan fingerprint density at radius 2 is 1.77 bits per heavy atom. The third-order valence-corrected chi connectivity index (χ3v) is 4.16. The fourth-order valence-corrected chi connectivity index (χ4v) is 2.96. The van der Waals surface area contributed by atoms with Crippen molar-refractivity contribution in [1.29, 1.82) is 0 Å². The molecule has 0 radical (unpaired) electrons. The van der Waals surface area contributed by atoms with Crippen LogP contribution in [0.5, 0.6) is 0 Å². The number of aromatic nitrogens is 4. The van der Waals surface area contributed by atoms with E-state index >= 15 is 0 Å². The molecule has 0 aliphatic carbocycles. The van der Waals surface area contributed by atoms with Crippen LogP contribution in [0, 0.1) is 6.92 Å². The van der Waals surface area contributed by atoms with Gasteiger partial charge in [-0.1, -0.05) is 23.7 Å². The predicted molar refractivity (Wildman–Crippen MR) is 104 cm³/mol. The molecule has 5 nitrogen and oxygen atoms in total. The van der Waals surface area contributed by atoms with Crippen LogP contribution in [0.4, 0.5) is 0 Å². The molecule has 0 atom stereocenters. The van der Waals surface area contributed by atoms with E-state index in [-0.39, 0.29) is 5.56 Å². The first kappa shape index (κ1) is 16.3. The summed E-state index contributed by atoms with van der Waals surface area (Å²) in [7, 11) is 0. The summed E-state index contributed by atoms with van der Waals surface area (Å²) in [5.74, 6) is 0. The van der Waals surface area contributed by atoms with Gasteiger partial charge < -0.3 is 0 Å². The van der Waals surface area contributed by atoms with E-state index in [0.717, 1.165) is 17.1 Å². The molecular formula is C20H15ClN4O. The highest BCUT2D eigenvalue weighted by Crippen LogP contribution is 2.15. The number of halogens is 1. The lowest BCUT2D eigenvalue weighted by atomic mass is 10.2. The van der Waals surface area contributed by atoms with Gasteiger partial charge in [-0.2, -0.15) is 4.52 Å². The van der Waals surface area contributed by atoms with Crippen LogP contribution in [0.1, 0.15) is 17.1 Å². The van der Waals surface area contributed by atoms with Crippen LogP contribution >= 0.6 is 11.6 Å². The topological polar surface area (TPSA) is 52.2 Å². The SMILES string of the molecule is Cc1cccc(/C=C/c2cc(=O)n3c(ccn3-c3cccc(Cl)c3)n2)n1. The van der Waals surface area contributed by atoms with Gasteiger partial charge in [-0.25, -0.2) is 4.98 Å². The van der Waals surface area contributed by atoms with Gasteiger partial charge in [0.15, 0.2) is 5.65 Å². The average molecular weight is 363 g/mol. The molecule has 0 bridgehead atoms. The van der Waals surface area contributed by atoms with Crippen LogP contribution in [0.3, 0.4) is 0 Å². The lowest BCUT2D eigenvalue weighted by Gasteiger charge is -2.07. The summed E-state index contributed by atoms with van der Waals surface area (Å²) in [5.41, 5.74) is 3.54. The maximum absolute atomic E-state index is 12.6. The second-order valence-electron chi connectivity index (χ2n) is 5.87. The Hall–Kier alpha value is -3.18. The smallest absolute Gasteiger partial charge is 0.267 e. The first-order valence-electron chi connectivity index (χ1n) is 8.09. The Morgan fingerprint density at radius 1 is 0.962 bits per heavy atom. The fourth-order valence-electron chi connectivity index (χ4n) is 2.77. The summed E-state index contributed by atoms with van der Waals surface area (Å²) in [4.78, 5) is 21.6. The van der Waals surface area contributed by atoms with Crippen LogP contribution in [0.25, 0.3) is 23.5 Å². The summed E-state index contributed by atoms with van der Waals surface area (Å²) >= 11 is 6.06. The van der Waals surface area contributed by atoms with Crippen molar-refractivity contribution in [1.82, 2.24) is 19.2 Å². The minimum atomic E-state index is -0.170. The molecule has 0 N–H and O–H groups in total. The van der Waals surface area contributed by atoms with E-state index in [1.807, 2.05) is 43.3 Å². The van der Waals surface area contributed by atoms with Gasteiger partial charge in [0.25, 0.3) is 5.56 Å². The molecule has 0 aliphatic rings. The number of aryl methyl sites for hydroxylation is 1. The van der Waals surface area contributed by atoms with Gasteiger partial charge in [0.05, 0.1) is 17.1 Å². The van der Waals surface area contributed by atoms with Gasteiger partial charge in [-0.15, -0.1) is 0 Å². The molecule has 6 heteroatoms. The molecule has 0 fully saturated rings. The number of hydrogen-bond acceptors (Lipinski definition) is 3. The summed E-state index contributed by atoms with van der Waals surface area (Å²) in [6.45, 7) is 1.94. The molecule has 0 saturated carbocycles. The molecular weight excluding hydrogens is 348 g/mol. The van der Waals surface area contributed by atoms with Gasteiger partial charge in [0.2, 0.25) is 0 Å². The van der Waals surface area contributed by atoms with Gasteiger partial charge in [-0.3, -0.25) is 14.5 Å². The van der Waals surface area contributed by atoms with Gasteiger partial charge in [0, 0.05) is 29.0 Å². The van der Waals surface area contributed by atoms with Crippen molar-refractivity contribution in [2.45, 2.75) is 6.92 Å². The number of rotatable bonds is 3. The van der Waals surface area contributed by atoms with Crippen LogP contribution in [-0.4, -0.2) is 19.2 Å². The molecule has 3 aromatic heterocycles. The molecule has 0 unspecified atom stereocenters. The lowest BCUT2D eigenvalue weighted by Crippen LogP contribution is -2.19. The van der Waals surface area contributed by atoms with Gasteiger partial charge in [0.1, 0.15) is 0 Å². The first-order valence-corrected chi connectivity index (χ1v) is 8.47. The van der Waals surface area contributed by atoms with Gasteiger partial charge in [-0.05, 0) is 49.4 Å². The van der Waals surface area contributed by atoms with E-state index in [1.165, 1.54) is 10.6 Å². The summed E-state index contributed by atoms with van der Waals surface area (Å²) in [6, 6.07) is 16.4. The minimum absolute atomic E-state index is 0.170. The Morgan fingerprint density at radius 3 is 2.58 bits per heavy atom. The van der Waals surface area contributed by atoms with E-state index < -0.39 is 0 Å². The van der Waals surface area contributed by atoms with E-state index in [1.54, 1.807) is 35.2 Å². The average Bonchev–Trinajstić information content (AvgIpc) is 3.05. The standard InChI is InChI=1S/C20H15ClN4O/c1-14-4-2-6-16(22-14)8-9-17-13-20(26)25-19(23-17)10-11-24(25)18-7-3-5-15(21)12-18/h2-13H,1H3/b9-8+. The van der Waals surface area contributed by atoms with Crippen molar-refractivity contribution in [2.75, 3.05) is 0 Å². The van der Waals surface area contributed by atoms with Gasteiger partial charge >= 0.3 is 0 Å². The zero-order valence-electron chi connectivity index (χ0n) is 14.0. The number of nitrogens with zero attached hydrogens (tertiary/aromatic N) is 4. The quantitative estimate of drug-likeness (QED) is 0.553. The molecule has 0 saturated heterocycles. The van der Waals surface area contributed by atoms with Crippen LogP contribution in [-0.2, 0) is 0 Å². The number of hydrogen-bond donors (Lipinski definition) is 0. The monoisotopic (exact) mass is 362 g/mol. The highest BCUT2D eigenvalue weighted by molar-refractivity contribution is 6.30. The second kappa shape index (κ2) is 6.61. The van der Waals surface area contributed by atoms with Crippen molar-refractivity contribution in [2.24, 2.45) is 0 Å². The molecule has 4 rings (SSSR count). The summed E-state index contributed by atoms with van der Waals surface area (Å²) in [5, 5.41) is 0.607. The molecule has 3 heterocycles. The largest absolute Gasteiger partial charge is 0.273 e. The van der Waals surface area contributed by atoms with E-state index in [9.17, 15) is 4.79 Å². The van der Waals surface area contributed by atoms with Crippen molar-refractivity contribution in [3.05, 3.63) is 93.3 Å². The van der Waals surface area contributed by atoms with Crippen LogP contribution in [0.2, 0.25) is 5.02 Å². The molecule has 0 aliphatic heterocycles. The van der Waals surface area contributed by atoms with E-state index in [2.05, 4.69) is 9.97 Å². The zero-order valence-corrected chi connectivity index (χ0v) is 14.8. The molecule has 1 aromatic carbocycles. The Kier molecular flexibility index (Phi) is 4.14. The number of benzene rings is 1. The maximum atomic E-state index is 12.6. The minimum Gasteiger partial charge on any atom is -0.267 e. The number of fused-ring (bicyclic) bond motifs is 1. The van der Waals surface area contributed by atoms with Crippen molar-refractivity contribution in [3.63, 3.8) is 0 Å². The molecule has 0 spiro atoms. The summed E-state index contributed by atoms with van der Waals surface area (Å²) in [6.07, 6.45) is 5.43. The number of pyridine rings is 1. The Bertz CT molecular complexity index is 1190. The fraction of sp³-hybridized carbons (Fsp3) is 0.0500. The van der Waals surface area contributed by atoms with E-state index in [4.69, 9.17) is 11.6 Å². The zero-order chi connectivity index (χ0) is 18.1.